The van der Waals surface area contributed by atoms with Crippen LogP contribution in [-0.2, 0) is 6.42 Å². The van der Waals surface area contributed by atoms with Crippen LogP contribution >= 0.6 is 0 Å². The molecule has 0 saturated carbocycles. The molecule has 0 radical (unpaired) electrons. The van der Waals surface area contributed by atoms with Gasteiger partial charge in [0.2, 0.25) is 5.95 Å². The van der Waals surface area contributed by atoms with Gasteiger partial charge >= 0.3 is 0 Å². The van der Waals surface area contributed by atoms with Crippen LogP contribution in [0.25, 0.3) is 0 Å². The highest BCUT2D eigenvalue weighted by atomic mass is 19.1. The number of halogens is 2. The molecule has 2 aliphatic rings. The Kier molecular flexibility index (Phi) is 7.22. The molecule has 2 aliphatic heterocycles. The molecule has 2 N–H and O–H groups in total. The van der Waals surface area contributed by atoms with Crippen molar-refractivity contribution >= 4 is 11.8 Å². The lowest BCUT2D eigenvalue weighted by Crippen LogP contribution is -2.36. The maximum absolute atomic E-state index is 14.3. The van der Waals surface area contributed by atoms with E-state index in [1.165, 1.54) is 6.07 Å². The third kappa shape index (κ3) is 5.38. The quantitative estimate of drug-likeness (QED) is 0.534. The second-order valence-corrected chi connectivity index (χ2v) is 9.52. The summed E-state index contributed by atoms with van der Waals surface area (Å²) in [5, 5.41) is 0. The normalized spacial score (nSPS) is 20.7. The number of ether oxygens (including phenoxy) is 1. The lowest BCUT2D eigenvalue weighted by molar-refractivity contribution is 0.221. The van der Waals surface area contributed by atoms with Crippen LogP contribution < -0.4 is 20.3 Å². The van der Waals surface area contributed by atoms with Crippen LogP contribution in [0.4, 0.5) is 20.5 Å². The number of benzene rings is 1. The number of hydrogen-bond acceptors (Lipinski definition) is 8. The summed E-state index contributed by atoms with van der Waals surface area (Å²) in [5.41, 5.74) is 7.55. The molecule has 3 aromatic rings. The molecule has 0 spiro atoms. The summed E-state index contributed by atoms with van der Waals surface area (Å²) in [6.07, 6.45) is 9.94. The molecule has 4 heterocycles. The minimum Gasteiger partial charge on any atom is -0.490 e. The first-order chi connectivity index (χ1) is 17.5. The Hall–Kier alpha value is -3.40. The Balaban J connectivity index is 1.11. The molecule has 36 heavy (non-hydrogen) atoms. The lowest BCUT2D eigenvalue weighted by Gasteiger charge is -2.32. The van der Waals surface area contributed by atoms with Gasteiger partial charge in [-0.3, -0.25) is 4.98 Å². The van der Waals surface area contributed by atoms with E-state index in [1.54, 1.807) is 12.4 Å². The van der Waals surface area contributed by atoms with Gasteiger partial charge in [-0.1, -0.05) is 6.92 Å². The summed E-state index contributed by atoms with van der Waals surface area (Å²) in [6.45, 7) is 5.41. The molecular weight excluding hydrogens is 464 g/mol. The highest BCUT2D eigenvalue weighted by molar-refractivity contribution is 5.39. The van der Waals surface area contributed by atoms with Gasteiger partial charge in [0.15, 0.2) is 5.75 Å². The maximum Gasteiger partial charge on any atom is 0.225 e. The topological polar surface area (TPSA) is 93.3 Å². The zero-order valence-electron chi connectivity index (χ0n) is 20.4. The van der Waals surface area contributed by atoms with E-state index in [0.29, 0.717) is 42.9 Å². The minimum atomic E-state index is -0.472. The van der Waals surface area contributed by atoms with Gasteiger partial charge < -0.3 is 20.3 Å². The summed E-state index contributed by atoms with van der Waals surface area (Å²) in [5.74, 6) is 1.24. The van der Waals surface area contributed by atoms with E-state index >= 15 is 0 Å². The number of anilines is 2. The van der Waals surface area contributed by atoms with Crippen molar-refractivity contribution in [1.82, 2.24) is 19.9 Å². The Bertz CT molecular complexity index is 1150. The molecule has 0 unspecified atom stereocenters. The Labute approximate surface area is 209 Å². The van der Waals surface area contributed by atoms with Gasteiger partial charge in [0.05, 0.1) is 37.1 Å². The largest absolute Gasteiger partial charge is 0.490 e. The monoisotopic (exact) mass is 495 g/mol. The van der Waals surface area contributed by atoms with Gasteiger partial charge in [-0.2, -0.15) is 0 Å². The molecule has 10 heteroatoms. The molecular formula is C26H31F2N7O. The first kappa shape index (κ1) is 24.3. The summed E-state index contributed by atoms with van der Waals surface area (Å²) in [7, 11) is 0. The van der Waals surface area contributed by atoms with Crippen molar-refractivity contribution in [2.45, 2.75) is 38.1 Å². The molecule has 0 amide bonds. The van der Waals surface area contributed by atoms with Crippen LogP contribution in [0.1, 0.15) is 36.9 Å². The van der Waals surface area contributed by atoms with E-state index in [2.05, 4.69) is 31.8 Å². The van der Waals surface area contributed by atoms with Crippen molar-refractivity contribution < 1.29 is 13.5 Å². The number of nitrogens with zero attached hydrogens (tertiary/aromatic N) is 6. The standard InChI is InChI=1S/C26H31F2N7O/c1-2-19-10-31-25(13-30-19)34-7-5-17(6-8-34)16-36-20-11-32-26(33-12-20)35-14-22(24(29)15-35)21-9-18(27)3-4-23(21)28/h3-4,9-13,17,22,24H,2,5-8,14-16,29H2,1H3/t22-,24+/m1/s1. The summed E-state index contributed by atoms with van der Waals surface area (Å²) < 4.78 is 33.9. The lowest BCUT2D eigenvalue weighted by atomic mass is 9.94. The predicted molar refractivity (Wildman–Crippen MR) is 133 cm³/mol. The fourth-order valence-electron chi connectivity index (χ4n) is 4.90. The van der Waals surface area contributed by atoms with Gasteiger partial charge in [-0.25, -0.2) is 23.7 Å². The van der Waals surface area contributed by atoms with E-state index in [0.717, 1.165) is 56.0 Å². The van der Waals surface area contributed by atoms with Crippen LogP contribution in [0.15, 0.2) is 43.0 Å². The first-order valence-electron chi connectivity index (χ1n) is 12.5. The van der Waals surface area contributed by atoms with Crippen LogP contribution in [0, 0.1) is 17.6 Å². The van der Waals surface area contributed by atoms with Gasteiger partial charge in [-0.15, -0.1) is 0 Å². The van der Waals surface area contributed by atoms with Crippen molar-refractivity contribution in [2.75, 3.05) is 42.6 Å². The highest BCUT2D eigenvalue weighted by Crippen LogP contribution is 2.31. The summed E-state index contributed by atoms with van der Waals surface area (Å²) >= 11 is 0. The zero-order chi connectivity index (χ0) is 25.1. The molecule has 1 aromatic carbocycles. The molecule has 5 rings (SSSR count). The molecule has 2 fully saturated rings. The van der Waals surface area contributed by atoms with E-state index in [9.17, 15) is 8.78 Å². The van der Waals surface area contributed by atoms with Crippen LogP contribution in [0.3, 0.4) is 0 Å². The fraction of sp³-hybridized carbons (Fsp3) is 0.462. The van der Waals surface area contributed by atoms with Gasteiger partial charge in [0.1, 0.15) is 17.5 Å². The van der Waals surface area contributed by atoms with Gasteiger partial charge in [-0.05, 0) is 48.9 Å². The molecule has 8 nitrogen and oxygen atoms in total. The predicted octanol–water partition coefficient (Wildman–Crippen LogP) is 3.33. The van der Waals surface area contributed by atoms with Crippen molar-refractivity contribution in [3.63, 3.8) is 0 Å². The zero-order valence-corrected chi connectivity index (χ0v) is 20.4. The molecule has 0 bridgehead atoms. The SMILES string of the molecule is CCc1cnc(N2CCC(COc3cnc(N4C[C@H](c5cc(F)ccc5F)[C@@H](N)C4)nc3)CC2)cn1. The minimum absolute atomic E-state index is 0.293. The van der Waals surface area contributed by atoms with Gasteiger partial charge in [0, 0.05) is 38.1 Å². The molecule has 0 aliphatic carbocycles. The first-order valence-corrected chi connectivity index (χ1v) is 12.5. The van der Waals surface area contributed by atoms with E-state index in [-0.39, 0.29) is 12.0 Å². The number of rotatable bonds is 7. The van der Waals surface area contributed by atoms with Crippen LogP contribution in [-0.4, -0.2) is 58.8 Å². The van der Waals surface area contributed by atoms with Crippen LogP contribution in [0.5, 0.6) is 5.75 Å². The number of nitrogens with two attached hydrogens (primary N) is 1. The Morgan fingerprint density at radius 1 is 0.972 bits per heavy atom. The third-order valence-corrected chi connectivity index (χ3v) is 7.10. The fourth-order valence-corrected chi connectivity index (χ4v) is 4.90. The number of aryl methyl sites for hydroxylation is 1. The second kappa shape index (κ2) is 10.7. The van der Waals surface area contributed by atoms with E-state index < -0.39 is 11.6 Å². The number of piperidine rings is 1. The number of aromatic nitrogens is 4. The van der Waals surface area contributed by atoms with Crippen molar-refractivity contribution in [2.24, 2.45) is 11.7 Å². The van der Waals surface area contributed by atoms with Crippen molar-refractivity contribution in [1.29, 1.82) is 0 Å². The Morgan fingerprint density at radius 2 is 1.75 bits per heavy atom. The highest BCUT2D eigenvalue weighted by Gasteiger charge is 2.34. The Morgan fingerprint density at radius 3 is 2.44 bits per heavy atom. The van der Waals surface area contributed by atoms with Gasteiger partial charge in [0.25, 0.3) is 0 Å². The molecule has 2 atom stereocenters. The molecule has 2 saturated heterocycles. The van der Waals surface area contributed by atoms with Crippen molar-refractivity contribution in [3.05, 3.63) is 65.9 Å². The third-order valence-electron chi connectivity index (χ3n) is 7.10. The van der Waals surface area contributed by atoms with Crippen LogP contribution in [0.2, 0.25) is 0 Å². The molecule has 190 valence electrons. The molecule has 2 aromatic heterocycles. The smallest absolute Gasteiger partial charge is 0.225 e. The average Bonchev–Trinajstić information content (AvgIpc) is 3.30. The van der Waals surface area contributed by atoms with Crippen molar-refractivity contribution in [3.8, 4) is 5.75 Å². The maximum atomic E-state index is 14.3. The number of hydrogen-bond donors (Lipinski definition) is 1. The van der Waals surface area contributed by atoms with E-state index in [4.69, 9.17) is 10.5 Å². The summed E-state index contributed by atoms with van der Waals surface area (Å²) in [4.78, 5) is 22.0. The second-order valence-electron chi connectivity index (χ2n) is 9.52. The summed E-state index contributed by atoms with van der Waals surface area (Å²) in [6, 6.07) is 3.13. The van der Waals surface area contributed by atoms with E-state index in [1.807, 2.05) is 17.3 Å². The average molecular weight is 496 g/mol.